The fourth-order valence-electron chi connectivity index (χ4n) is 1.74. The number of anilines is 2. The van der Waals surface area contributed by atoms with Gasteiger partial charge >= 0.3 is 6.03 Å². The number of nitro groups is 1. The molecule has 0 bridgehead atoms. The standard InChI is InChI=1S/C14H12BrN3O4/c1-22-13-8-9(18(20)21)6-7-12(13)17-14(19)16-11-5-3-2-4-10(11)15/h2-8H,1H3,(H2,16,17,19). The van der Waals surface area contributed by atoms with Crippen molar-refractivity contribution in [1.82, 2.24) is 0 Å². The Morgan fingerprint density at radius 2 is 1.86 bits per heavy atom. The smallest absolute Gasteiger partial charge is 0.323 e. The van der Waals surface area contributed by atoms with E-state index in [1.807, 2.05) is 6.07 Å². The van der Waals surface area contributed by atoms with Crippen molar-refractivity contribution in [2.75, 3.05) is 17.7 Å². The summed E-state index contributed by atoms with van der Waals surface area (Å²) in [6.45, 7) is 0. The molecule has 0 aliphatic carbocycles. The maximum Gasteiger partial charge on any atom is 0.323 e. The Hall–Kier alpha value is -2.61. The number of carbonyl (C=O) groups is 1. The number of methoxy groups -OCH3 is 1. The van der Waals surface area contributed by atoms with E-state index in [0.717, 1.165) is 4.47 Å². The molecular formula is C14H12BrN3O4. The minimum absolute atomic E-state index is 0.117. The Labute approximate surface area is 134 Å². The lowest BCUT2D eigenvalue weighted by Crippen LogP contribution is -2.20. The number of halogens is 1. The summed E-state index contributed by atoms with van der Waals surface area (Å²) in [4.78, 5) is 22.2. The fraction of sp³-hybridized carbons (Fsp3) is 0.0714. The molecule has 114 valence electrons. The molecule has 0 heterocycles. The van der Waals surface area contributed by atoms with Gasteiger partial charge in [-0.3, -0.25) is 10.1 Å². The summed E-state index contributed by atoms with van der Waals surface area (Å²) < 4.78 is 5.79. The molecule has 7 nitrogen and oxygen atoms in total. The molecule has 0 atom stereocenters. The number of rotatable bonds is 4. The van der Waals surface area contributed by atoms with Crippen LogP contribution in [-0.4, -0.2) is 18.1 Å². The van der Waals surface area contributed by atoms with Crippen molar-refractivity contribution in [3.8, 4) is 5.75 Å². The van der Waals surface area contributed by atoms with Crippen LogP contribution in [0.1, 0.15) is 0 Å². The Kier molecular flexibility index (Phi) is 4.95. The van der Waals surface area contributed by atoms with Gasteiger partial charge < -0.3 is 15.4 Å². The lowest BCUT2D eigenvalue weighted by atomic mass is 10.2. The van der Waals surface area contributed by atoms with Crippen LogP contribution in [-0.2, 0) is 0 Å². The number of hydrogen-bond donors (Lipinski definition) is 2. The van der Waals surface area contributed by atoms with Crippen molar-refractivity contribution in [2.45, 2.75) is 0 Å². The summed E-state index contributed by atoms with van der Waals surface area (Å²) in [6.07, 6.45) is 0. The van der Waals surface area contributed by atoms with E-state index >= 15 is 0 Å². The minimum Gasteiger partial charge on any atom is -0.494 e. The number of nitrogens with zero attached hydrogens (tertiary/aromatic N) is 1. The molecule has 0 fully saturated rings. The molecule has 2 N–H and O–H groups in total. The van der Waals surface area contributed by atoms with Gasteiger partial charge in [0.1, 0.15) is 5.75 Å². The third-order valence-corrected chi connectivity index (χ3v) is 3.46. The molecule has 2 aromatic rings. The van der Waals surface area contributed by atoms with Crippen LogP contribution in [0.5, 0.6) is 5.75 Å². The number of nitrogens with one attached hydrogen (secondary N) is 2. The first-order valence-electron chi connectivity index (χ1n) is 6.16. The number of hydrogen-bond acceptors (Lipinski definition) is 4. The first kappa shape index (κ1) is 15.8. The average Bonchev–Trinajstić information content (AvgIpc) is 2.49. The van der Waals surface area contributed by atoms with E-state index in [9.17, 15) is 14.9 Å². The number of amides is 2. The van der Waals surface area contributed by atoms with Gasteiger partial charge in [0.15, 0.2) is 0 Å². The van der Waals surface area contributed by atoms with Crippen LogP contribution in [0.2, 0.25) is 0 Å². The topological polar surface area (TPSA) is 93.5 Å². The van der Waals surface area contributed by atoms with Crippen LogP contribution in [0.15, 0.2) is 46.9 Å². The zero-order valence-corrected chi connectivity index (χ0v) is 13.1. The van der Waals surface area contributed by atoms with Gasteiger partial charge in [-0.05, 0) is 34.1 Å². The minimum atomic E-state index is -0.534. The lowest BCUT2D eigenvalue weighted by Gasteiger charge is -2.11. The quantitative estimate of drug-likeness (QED) is 0.632. The normalized spacial score (nSPS) is 9.91. The van der Waals surface area contributed by atoms with Crippen molar-refractivity contribution in [3.05, 3.63) is 57.1 Å². The molecule has 0 aliphatic rings. The molecule has 2 aromatic carbocycles. The zero-order chi connectivity index (χ0) is 16.1. The first-order chi connectivity index (χ1) is 10.5. The summed E-state index contributed by atoms with van der Waals surface area (Å²) in [5.41, 5.74) is 0.812. The number of carbonyl (C=O) groups excluding carboxylic acids is 1. The molecule has 8 heteroatoms. The second-order valence-corrected chi connectivity index (χ2v) is 5.06. The van der Waals surface area contributed by atoms with Crippen LogP contribution >= 0.6 is 15.9 Å². The second kappa shape index (κ2) is 6.90. The Morgan fingerprint density at radius 3 is 2.50 bits per heavy atom. The van der Waals surface area contributed by atoms with Crippen LogP contribution in [0.4, 0.5) is 21.9 Å². The van der Waals surface area contributed by atoms with E-state index in [1.54, 1.807) is 18.2 Å². The Bertz CT molecular complexity index is 721. The molecule has 2 rings (SSSR count). The maximum atomic E-state index is 12.0. The molecule has 0 saturated carbocycles. The van der Waals surface area contributed by atoms with Gasteiger partial charge in [0.05, 0.1) is 29.5 Å². The van der Waals surface area contributed by atoms with Gasteiger partial charge in [-0.15, -0.1) is 0 Å². The van der Waals surface area contributed by atoms with E-state index < -0.39 is 11.0 Å². The van der Waals surface area contributed by atoms with E-state index in [1.165, 1.54) is 25.3 Å². The van der Waals surface area contributed by atoms with E-state index in [4.69, 9.17) is 4.74 Å². The fourth-order valence-corrected chi connectivity index (χ4v) is 2.12. The molecule has 0 saturated heterocycles. The summed E-state index contributed by atoms with van der Waals surface area (Å²) in [6, 6.07) is 10.6. The summed E-state index contributed by atoms with van der Waals surface area (Å²) >= 11 is 3.32. The second-order valence-electron chi connectivity index (χ2n) is 4.20. The molecule has 0 unspecified atom stereocenters. The molecule has 2 amide bonds. The molecular weight excluding hydrogens is 354 g/mol. The monoisotopic (exact) mass is 365 g/mol. The van der Waals surface area contributed by atoms with Gasteiger partial charge in [0.2, 0.25) is 0 Å². The predicted molar refractivity (Wildman–Crippen MR) is 86.4 cm³/mol. The van der Waals surface area contributed by atoms with Gasteiger partial charge in [0.25, 0.3) is 5.69 Å². The number of non-ortho nitro benzene ring substituents is 1. The Morgan fingerprint density at radius 1 is 1.18 bits per heavy atom. The summed E-state index contributed by atoms with van der Waals surface area (Å²) in [5.74, 6) is 0.205. The van der Waals surface area contributed by atoms with Crippen molar-refractivity contribution >= 4 is 39.0 Å². The van der Waals surface area contributed by atoms with E-state index in [-0.39, 0.29) is 11.4 Å². The van der Waals surface area contributed by atoms with Crippen molar-refractivity contribution in [1.29, 1.82) is 0 Å². The number of benzene rings is 2. The molecule has 22 heavy (non-hydrogen) atoms. The number of para-hydroxylation sites is 1. The van der Waals surface area contributed by atoms with Crippen LogP contribution in [0.25, 0.3) is 0 Å². The average molecular weight is 366 g/mol. The van der Waals surface area contributed by atoms with Gasteiger partial charge in [-0.2, -0.15) is 0 Å². The SMILES string of the molecule is COc1cc([N+](=O)[O-])ccc1NC(=O)Nc1ccccc1Br. The maximum absolute atomic E-state index is 12.0. The Balaban J connectivity index is 2.15. The van der Waals surface area contributed by atoms with Gasteiger partial charge in [-0.25, -0.2) is 4.79 Å². The largest absolute Gasteiger partial charge is 0.494 e. The summed E-state index contributed by atoms with van der Waals surface area (Å²) in [5, 5.41) is 16.0. The third-order valence-electron chi connectivity index (χ3n) is 2.77. The van der Waals surface area contributed by atoms with Crippen molar-refractivity contribution < 1.29 is 14.5 Å². The first-order valence-corrected chi connectivity index (χ1v) is 6.95. The highest BCUT2D eigenvalue weighted by Gasteiger charge is 2.13. The summed E-state index contributed by atoms with van der Waals surface area (Å²) in [7, 11) is 1.37. The van der Waals surface area contributed by atoms with Gasteiger partial charge in [0, 0.05) is 10.5 Å². The third kappa shape index (κ3) is 3.73. The zero-order valence-electron chi connectivity index (χ0n) is 11.5. The van der Waals surface area contributed by atoms with Crippen LogP contribution in [0.3, 0.4) is 0 Å². The van der Waals surface area contributed by atoms with Crippen molar-refractivity contribution in [3.63, 3.8) is 0 Å². The van der Waals surface area contributed by atoms with E-state index in [0.29, 0.717) is 11.4 Å². The highest BCUT2D eigenvalue weighted by molar-refractivity contribution is 9.10. The lowest BCUT2D eigenvalue weighted by molar-refractivity contribution is -0.384. The van der Waals surface area contributed by atoms with Crippen molar-refractivity contribution in [2.24, 2.45) is 0 Å². The molecule has 0 aliphatic heterocycles. The van der Waals surface area contributed by atoms with Crippen LogP contribution in [0, 0.1) is 10.1 Å². The number of nitro benzene ring substituents is 1. The number of urea groups is 1. The highest BCUT2D eigenvalue weighted by Crippen LogP contribution is 2.29. The molecule has 0 spiro atoms. The molecule has 0 aromatic heterocycles. The predicted octanol–water partition coefficient (Wildman–Crippen LogP) is 4.01. The molecule has 0 radical (unpaired) electrons. The van der Waals surface area contributed by atoms with Crippen LogP contribution < -0.4 is 15.4 Å². The highest BCUT2D eigenvalue weighted by atomic mass is 79.9. The number of ether oxygens (including phenoxy) is 1. The van der Waals surface area contributed by atoms with E-state index in [2.05, 4.69) is 26.6 Å². The van der Waals surface area contributed by atoms with Gasteiger partial charge in [-0.1, -0.05) is 12.1 Å².